The third-order valence-corrected chi connectivity index (χ3v) is 6.06. The van der Waals surface area contributed by atoms with Gasteiger partial charge in [0.1, 0.15) is 28.8 Å². The molecule has 3 aromatic rings. The molecule has 0 radical (unpaired) electrons. The highest BCUT2D eigenvalue weighted by atomic mass is 19.4. The quantitative estimate of drug-likeness (QED) is 0.299. The maximum absolute atomic E-state index is 14.2. The van der Waals surface area contributed by atoms with Gasteiger partial charge in [-0.15, -0.1) is 0 Å². The Hall–Kier alpha value is -4.81. The summed E-state index contributed by atoms with van der Waals surface area (Å²) in [4.78, 5) is 22.9. The van der Waals surface area contributed by atoms with E-state index in [0.717, 1.165) is 17.2 Å². The molecule has 13 heteroatoms. The van der Waals surface area contributed by atoms with E-state index in [1.807, 2.05) is 0 Å². The minimum absolute atomic E-state index is 0.0505. The molecule has 0 atom stereocenters. The number of hydrogen-bond acceptors (Lipinski definition) is 6. The number of halogens is 6. The van der Waals surface area contributed by atoms with Crippen molar-refractivity contribution in [3.05, 3.63) is 96.1 Å². The number of anilines is 2. The van der Waals surface area contributed by atoms with Gasteiger partial charge < -0.3 is 19.9 Å². The lowest BCUT2D eigenvalue weighted by Gasteiger charge is -2.27. The molecule has 0 saturated carbocycles. The number of likely N-dealkylation sites (N-methyl/N-ethyl adjacent to an activating group) is 1. The molecule has 1 aromatic heterocycles. The molecule has 0 saturated heterocycles. The lowest BCUT2D eigenvalue weighted by Crippen LogP contribution is -2.37. The van der Waals surface area contributed by atoms with Crippen LogP contribution in [0.15, 0.2) is 66.9 Å². The molecular weight excluding hydrogens is 552 g/mol. The van der Waals surface area contributed by atoms with Crippen LogP contribution in [-0.2, 0) is 17.5 Å². The highest BCUT2D eigenvalue weighted by molar-refractivity contribution is 5.95. The van der Waals surface area contributed by atoms with Crippen molar-refractivity contribution in [3.63, 3.8) is 0 Å². The van der Waals surface area contributed by atoms with Crippen molar-refractivity contribution in [3.8, 4) is 11.6 Å². The van der Waals surface area contributed by atoms with Crippen LogP contribution in [0.25, 0.3) is 5.70 Å². The molecule has 0 fully saturated rings. The van der Waals surface area contributed by atoms with Crippen molar-refractivity contribution in [1.82, 2.24) is 10.3 Å². The number of rotatable bonds is 9. The summed E-state index contributed by atoms with van der Waals surface area (Å²) in [5.74, 6) is -4.54. The molecule has 214 valence electrons. The molecule has 1 amide bonds. The summed E-state index contributed by atoms with van der Waals surface area (Å²) in [5.41, 5.74) is -0.786. The second kappa shape index (κ2) is 11.7. The summed E-state index contributed by atoms with van der Waals surface area (Å²) >= 11 is 0. The number of aliphatic imine (C=N–C) groups is 1. The molecule has 0 aliphatic carbocycles. The van der Waals surface area contributed by atoms with E-state index in [2.05, 4.69) is 28.5 Å². The first-order chi connectivity index (χ1) is 19.4. The zero-order chi connectivity index (χ0) is 29.9. The van der Waals surface area contributed by atoms with Gasteiger partial charge in [-0.1, -0.05) is 13.2 Å². The van der Waals surface area contributed by atoms with Crippen molar-refractivity contribution in [2.75, 3.05) is 22.9 Å². The molecule has 1 N–H and O–H groups in total. The zero-order valence-corrected chi connectivity index (χ0v) is 21.6. The number of pyridine rings is 1. The van der Waals surface area contributed by atoms with Gasteiger partial charge in [0, 0.05) is 29.8 Å². The second-order valence-corrected chi connectivity index (χ2v) is 8.72. The van der Waals surface area contributed by atoms with E-state index in [1.165, 1.54) is 35.6 Å². The van der Waals surface area contributed by atoms with Crippen molar-refractivity contribution in [2.24, 2.45) is 4.99 Å². The predicted octanol–water partition coefficient (Wildman–Crippen LogP) is 6.42. The van der Waals surface area contributed by atoms with Crippen LogP contribution in [0.1, 0.15) is 23.6 Å². The van der Waals surface area contributed by atoms with Crippen LogP contribution in [0.4, 0.5) is 37.7 Å². The van der Waals surface area contributed by atoms with Crippen molar-refractivity contribution < 1.29 is 35.9 Å². The Balaban J connectivity index is 1.64. The fourth-order valence-electron chi connectivity index (χ4n) is 4.09. The number of carbonyl (C=O) groups excluding carboxylic acids is 1. The molecular formula is C28H23F6N5O2. The lowest BCUT2D eigenvalue weighted by atomic mass is 10.1. The summed E-state index contributed by atoms with van der Waals surface area (Å²) < 4.78 is 89.4. The van der Waals surface area contributed by atoms with Crippen LogP contribution in [0.5, 0.6) is 11.6 Å². The first-order valence-corrected chi connectivity index (χ1v) is 12.1. The summed E-state index contributed by atoms with van der Waals surface area (Å²) in [6.45, 7) is 8.41. The van der Waals surface area contributed by atoms with Gasteiger partial charge in [0.05, 0.1) is 42.7 Å². The molecule has 1 aliphatic rings. The fraction of sp³-hybridized carbons (Fsp3) is 0.179. The minimum atomic E-state index is -4.87. The normalized spacial score (nSPS) is 12.7. The Morgan fingerprint density at radius 3 is 2.49 bits per heavy atom. The van der Waals surface area contributed by atoms with E-state index in [-0.39, 0.29) is 36.8 Å². The Kier molecular flexibility index (Phi) is 8.36. The number of nitrogens with one attached hydrogen (secondary N) is 1. The van der Waals surface area contributed by atoms with Crippen LogP contribution >= 0.6 is 0 Å². The molecule has 2 aromatic carbocycles. The standard InChI is InChI=1S/C28H23F6N5O2/c1-4-35-13-26(40)39(5-2)18-10-22(28(32,33)34)27(36-12-18)41-19-6-7-25-20(11-19)16(3)37-15-38(25)14-21-23(30)8-17(29)9-24(21)31/h4,6-12,15,35H,1,3,5,13-14H2,2H3. The molecule has 2 heterocycles. The molecule has 4 rings (SSSR count). The lowest BCUT2D eigenvalue weighted by molar-refractivity contribution is -0.139. The van der Waals surface area contributed by atoms with Crippen molar-refractivity contribution in [2.45, 2.75) is 19.6 Å². The van der Waals surface area contributed by atoms with Crippen LogP contribution in [0.2, 0.25) is 0 Å². The number of fused-ring (bicyclic) bond motifs is 1. The summed E-state index contributed by atoms with van der Waals surface area (Å²) in [6.07, 6.45) is -1.21. The van der Waals surface area contributed by atoms with Gasteiger partial charge in [-0.3, -0.25) is 4.79 Å². The van der Waals surface area contributed by atoms with Crippen molar-refractivity contribution >= 4 is 29.3 Å². The summed E-state index contributed by atoms with van der Waals surface area (Å²) in [6, 6.07) is 6.03. The maximum atomic E-state index is 14.2. The third-order valence-electron chi connectivity index (χ3n) is 6.06. The molecule has 0 spiro atoms. The Bertz CT molecular complexity index is 1520. The summed E-state index contributed by atoms with van der Waals surface area (Å²) in [7, 11) is 0. The smallest absolute Gasteiger partial charge is 0.421 e. The van der Waals surface area contributed by atoms with E-state index in [9.17, 15) is 31.1 Å². The largest absolute Gasteiger partial charge is 0.438 e. The van der Waals surface area contributed by atoms with Gasteiger partial charge in [-0.05, 0) is 37.4 Å². The van der Waals surface area contributed by atoms with E-state index in [4.69, 9.17) is 4.74 Å². The number of amides is 1. The number of aromatic nitrogens is 1. The van der Waals surface area contributed by atoms with Gasteiger partial charge in [0.25, 0.3) is 0 Å². The number of ether oxygens (including phenoxy) is 1. The van der Waals surface area contributed by atoms with Gasteiger partial charge >= 0.3 is 6.18 Å². The molecule has 0 bridgehead atoms. The highest BCUT2D eigenvalue weighted by Crippen LogP contribution is 2.41. The average molecular weight is 576 g/mol. The van der Waals surface area contributed by atoms with E-state index < -0.39 is 46.5 Å². The number of carbonyl (C=O) groups is 1. The second-order valence-electron chi connectivity index (χ2n) is 8.72. The van der Waals surface area contributed by atoms with E-state index in [1.54, 1.807) is 6.92 Å². The van der Waals surface area contributed by atoms with Crippen molar-refractivity contribution in [1.29, 1.82) is 0 Å². The fourth-order valence-corrected chi connectivity index (χ4v) is 4.09. The molecule has 1 aliphatic heterocycles. The topological polar surface area (TPSA) is 70.1 Å². The number of hydrogen-bond donors (Lipinski definition) is 1. The molecule has 41 heavy (non-hydrogen) atoms. The number of nitrogens with zero attached hydrogens (tertiary/aromatic N) is 4. The van der Waals surface area contributed by atoms with E-state index >= 15 is 0 Å². The van der Waals surface area contributed by atoms with Crippen LogP contribution in [0.3, 0.4) is 0 Å². The molecule has 7 nitrogen and oxygen atoms in total. The van der Waals surface area contributed by atoms with Crippen LogP contribution < -0.4 is 19.9 Å². The third kappa shape index (κ3) is 6.34. The van der Waals surface area contributed by atoms with Crippen LogP contribution in [0, 0.1) is 17.5 Å². The Labute approximate surface area is 231 Å². The van der Waals surface area contributed by atoms with Gasteiger partial charge in [0.15, 0.2) is 0 Å². The Morgan fingerprint density at radius 2 is 1.85 bits per heavy atom. The van der Waals surface area contributed by atoms with Gasteiger partial charge in [0.2, 0.25) is 11.8 Å². The molecule has 0 unspecified atom stereocenters. The predicted molar refractivity (Wildman–Crippen MR) is 142 cm³/mol. The number of benzene rings is 2. The first-order valence-electron chi connectivity index (χ1n) is 12.1. The van der Waals surface area contributed by atoms with E-state index in [0.29, 0.717) is 23.4 Å². The Morgan fingerprint density at radius 1 is 1.15 bits per heavy atom. The van der Waals surface area contributed by atoms with Crippen LogP contribution in [-0.4, -0.2) is 30.3 Å². The highest BCUT2D eigenvalue weighted by Gasteiger charge is 2.37. The number of alkyl halides is 3. The monoisotopic (exact) mass is 575 g/mol. The SMILES string of the molecule is C=CNCC(=O)N(CC)c1cnc(Oc2ccc3c(c2)C(=C)N=CN3Cc2c(F)cc(F)cc2F)c(C(F)(F)F)c1. The first kappa shape index (κ1) is 29.2. The van der Waals surface area contributed by atoms with Gasteiger partial charge in [-0.25, -0.2) is 23.1 Å². The minimum Gasteiger partial charge on any atom is -0.438 e. The maximum Gasteiger partial charge on any atom is 0.421 e. The average Bonchev–Trinajstić information content (AvgIpc) is 2.91. The zero-order valence-electron chi connectivity index (χ0n) is 21.6. The van der Waals surface area contributed by atoms with Gasteiger partial charge in [-0.2, -0.15) is 13.2 Å². The summed E-state index contributed by atoms with van der Waals surface area (Å²) in [5, 5.41) is 2.61.